The number of hydrogen-bond donors (Lipinski definition) is 2. The number of nitriles is 1. The van der Waals surface area contributed by atoms with Crippen molar-refractivity contribution in [3.8, 4) is 11.8 Å². The van der Waals surface area contributed by atoms with Gasteiger partial charge in [-0.2, -0.15) is 10.4 Å². The first-order chi connectivity index (χ1) is 11.8. The summed E-state index contributed by atoms with van der Waals surface area (Å²) >= 11 is 0. The summed E-state index contributed by atoms with van der Waals surface area (Å²) < 4.78 is 5.79. The molecular formula is C18H23N5O. The average Bonchev–Trinajstić information content (AvgIpc) is 2.67. The van der Waals surface area contributed by atoms with E-state index in [1.165, 1.54) is 0 Å². The molecular weight excluding hydrogens is 302 g/mol. The molecule has 2 saturated heterocycles. The molecule has 126 valence electrons. The van der Waals surface area contributed by atoms with Crippen LogP contribution in [0.15, 0.2) is 47.0 Å². The molecule has 2 aliphatic heterocycles. The summed E-state index contributed by atoms with van der Waals surface area (Å²) in [5.41, 5.74) is 0. The Morgan fingerprint density at radius 1 is 1.21 bits per heavy atom. The predicted octanol–water partition coefficient (Wildman–Crippen LogP) is 2.04. The molecule has 24 heavy (non-hydrogen) atoms. The molecule has 0 aromatic heterocycles. The molecule has 1 atom stereocenters. The highest BCUT2D eigenvalue weighted by atomic mass is 16.5. The highest BCUT2D eigenvalue weighted by Gasteiger charge is 2.34. The first kappa shape index (κ1) is 16.3. The van der Waals surface area contributed by atoms with Crippen LogP contribution in [0.2, 0.25) is 0 Å². The van der Waals surface area contributed by atoms with Crippen LogP contribution in [0, 0.1) is 17.2 Å². The van der Waals surface area contributed by atoms with Gasteiger partial charge in [-0.15, -0.1) is 0 Å². The molecule has 0 aliphatic carbocycles. The minimum atomic E-state index is 0.229. The van der Waals surface area contributed by atoms with Crippen LogP contribution in [0.3, 0.4) is 0 Å². The van der Waals surface area contributed by atoms with Crippen LogP contribution in [-0.2, 0) is 0 Å². The van der Waals surface area contributed by atoms with Crippen molar-refractivity contribution in [2.45, 2.75) is 25.3 Å². The van der Waals surface area contributed by atoms with Crippen LogP contribution < -0.4 is 15.4 Å². The molecule has 2 heterocycles. The minimum absolute atomic E-state index is 0.229. The van der Waals surface area contributed by atoms with Crippen molar-refractivity contribution in [1.82, 2.24) is 15.6 Å². The molecule has 1 aromatic carbocycles. The first-order valence-electron chi connectivity index (χ1n) is 8.41. The SMILES string of the molecule is C=NN1/C(=C(/C#N)Oc2ccccc2)NCC[C@H]1C1CCNCC1. The number of piperidine rings is 1. The highest BCUT2D eigenvalue weighted by Crippen LogP contribution is 2.30. The maximum Gasteiger partial charge on any atom is 0.245 e. The van der Waals surface area contributed by atoms with E-state index in [1.54, 1.807) is 0 Å². The third-order valence-corrected chi connectivity index (χ3v) is 4.64. The Kier molecular flexibility index (Phi) is 5.34. The van der Waals surface area contributed by atoms with Gasteiger partial charge in [-0.3, -0.25) is 0 Å². The molecule has 3 rings (SSSR count). The van der Waals surface area contributed by atoms with E-state index in [1.807, 2.05) is 35.3 Å². The molecule has 2 N–H and O–H groups in total. The second kappa shape index (κ2) is 7.84. The van der Waals surface area contributed by atoms with Crippen LogP contribution in [0.4, 0.5) is 0 Å². The predicted molar refractivity (Wildman–Crippen MR) is 93.1 cm³/mol. The summed E-state index contributed by atoms with van der Waals surface area (Å²) in [4.78, 5) is 0. The standard InChI is InChI=1S/C18H23N5O/c1-20-23-16(14-7-10-21-11-8-14)9-12-22-18(23)17(13-19)24-15-5-3-2-4-6-15/h2-6,14,16,21-22H,1,7-12H2/b18-17-/t16-/m0/s1. The lowest BCUT2D eigenvalue weighted by Crippen LogP contribution is -2.50. The summed E-state index contributed by atoms with van der Waals surface area (Å²) in [5.74, 6) is 2.03. The Morgan fingerprint density at radius 2 is 1.96 bits per heavy atom. The summed E-state index contributed by atoms with van der Waals surface area (Å²) in [6, 6.07) is 11.7. The van der Waals surface area contributed by atoms with Gasteiger partial charge in [0.1, 0.15) is 11.8 Å². The van der Waals surface area contributed by atoms with Gasteiger partial charge in [0, 0.05) is 13.3 Å². The van der Waals surface area contributed by atoms with E-state index in [9.17, 15) is 5.26 Å². The summed E-state index contributed by atoms with van der Waals surface area (Å²) in [5, 5.41) is 22.3. The van der Waals surface area contributed by atoms with Crippen LogP contribution in [0.5, 0.6) is 5.75 Å². The average molecular weight is 325 g/mol. The van der Waals surface area contributed by atoms with E-state index in [4.69, 9.17) is 4.74 Å². The van der Waals surface area contributed by atoms with Crippen molar-refractivity contribution in [2.75, 3.05) is 19.6 Å². The molecule has 0 bridgehead atoms. The monoisotopic (exact) mass is 325 g/mol. The lowest BCUT2D eigenvalue weighted by molar-refractivity contribution is 0.116. The molecule has 6 heteroatoms. The van der Waals surface area contributed by atoms with E-state index < -0.39 is 0 Å². The lowest BCUT2D eigenvalue weighted by atomic mass is 9.87. The van der Waals surface area contributed by atoms with E-state index in [0.717, 1.165) is 38.9 Å². The Bertz CT molecular complexity index is 631. The van der Waals surface area contributed by atoms with Gasteiger partial charge < -0.3 is 15.4 Å². The molecule has 2 aliphatic rings. The second-order valence-corrected chi connectivity index (χ2v) is 6.06. The second-order valence-electron chi connectivity index (χ2n) is 6.06. The molecule has 0 saturated carbocycles. The van der Waals surface area contributed by atoms with E-state index >= 15 is 0 Å². The summed E-state index contributed by atoms with van der Waals surface area (Å²) in [6.45, 7) is 6.59. The highest BCUT2D eigenvalue weighted by molar-refractivity contribution is 5.31. The maximum absolute atomic E-state index is 9.58. The molecule has 1 aromatic rings. The van der Waals surface area contributed by atoms with Crippen LogP contribution >= 0.6 is 0 Å². The zero-order valence-corrected chi connectivity index (χ0v) is 13.7. The number of hydrazone groups is 1. The molecule has 6 nitrogen and oxygen atoms in total. The van der Waals surface area contributed by atoms with Crippen molar-refractivity contribution >= 4 is 6.72 Å². The number of hydrogen-bond acceptors (Lipinski definition) is 6. The van der Waals surface area contributed by atoms with Gasteiger partial charge in [0.15, 0.2) is 5.82 Å². The zero-order valence-electron chi connectivity index (χ0n) is 13.7. The van der Waals surface area contributed by atoms with Crippen molar-refractivity contribution in [3.63, 3.8) is 0 Å². The minimum Gasteiger partial charge on any atom is -0.442 e. The topological polar surface area (TPSA) is 72.7 Å². The fourth-order valence-corrected chi connectivity index (χ4v) is 3.46. The van der Waals surface area contributed by atoms with Crippen molar-refractivity contribution in [3.05, 3.63) is 41.9 Å². The number of allylic oxidation sites excluding steroid dienone is 1. The van der Waals surface area contributed by atoms with Gasteiger partial charge in [-0.05, 0) is 50.4 Å². The van der Waals surface area contributed by atoms with Crippen LogP contribution in [-0.4, -0.2) is 37.4 Å². The molecule has 0 unspecified atom stereocenters. The fourth-order valence-electron chi connectivity index (χ4n) is 3.46. The van der Waals surface area contributed by atoms with Gasteiger partial charge >= 0.3 is 0 Å². The Morgan fingerprint density at radius 3 is 2.62 bits per heavy atom. The lowest BCUT2D eigenvalue weighted by Gasteiger charge is -2.41. The van der Waals surface area contributed by atoms with Gasteiger partial charge in [-0.1, -0.05) is 18.2 Å². The number of nitrogens with one attached hydrogen (secondary N) is 2. The largest absolute Gasteiger partial charge is 0.442 e. The van der Waals surface area contributed by atoms with Gasteiger partial charge in [0.2, 0.25) is 5.76 Å². The van der Waals surface area contributed by atoms with Crippen LogP contribution in [0.1, 0.15) is 19.3 Å². The smallest absolute Gasteiger partial charge is 0.245 e. The Labute approximate surface area is 142 Å². The number of ether oxygens (including phenoxy) is 1. The quantitative estimate of drug-likeness (QED) is 0.503. The van der Waals surface area contributed by atoms with Crippen LogP contribution in [0.25, 0.3) is 0 Å². The van der Waals surface area contributed by atoms with Gasteiger partial charge in [0.05, 0.1) is 6.04 Å². The summed E-state index contributed by atoms with van der Waals surface area (Å²) in [7, 11) is 0. The molecule has 0 radical (unpaired) electrons. The fraction of sp³-hybridized carbons (Fsp3) is 0.444. The normalized spacial score (nSPS) is 23.8. The van der Waals surface area contributed by atoms with Crippen molar-refractivity contribution in [1.29, 1.82) is 5.26 Å². The Hall–Kier alpha value is -2.52. The van der Waals surface area contributed by atoms with E-state index in [-0.39, 0.29) is 11.8 Å². The van der Waals surface area contributed by atoms with Crippen molar-refractivity contribution < 1.29 is 4.74 Å². The van der Waals surface area contributed by atoms with Crippen molar-refractivity contribution in [2.24, 2.45) is 11.0 Å². The number of rotatable bonds is 4. The zero-order chi connectivity index (χ0) is 16.8. The number of nitrogens with zero attached hydrogens (tertiary/aromatic N) is 3. The molecule has 2 fully saturated rings. The number of para-hydroxylation sites is 1. The van der Waals surface area contributed by atoms with E-state index in [2.05, 4.69) is 28.5 Å². The molecule has 0 spiro atoms. The summed E-state index contributed by atoms with van der Waals surface area (Å²) in [6.07, 6.45) is 3.22. The maximum atomic E-state index is 9.58. The molecule has 0 amide bonds. The first-order valence-corrected chi connectivity index (χ1v) is 8.41. The third kappa shape index (κ3) is 3.52. The van der Waals surface area contributed by atoms with Gasteiger partial charge in [0.25, 0.3) is 0 Å². The Balaban J connectivity index is 1.85. The third-order valence-electron chi connectivity index (χ3n) is 4.64. The van der Waals surface area contributed by atoms with Gasteiger partial charge in [-0.25, -0.2) is 5.01 Å². The number of benzene rings is 1. The van der Waals surface area contributed by atoms with E-state index in [0.29, 0.717) is 17.5 Å².